The highest BCUT2D eigenvalue weighted by Crippen LogP contribution is 2.40. The van der Waals surface area contributed by atoms with E-state index in [0.29, 0.717) is 0 Å². The first-order valence-corrected chi connectivity index (χ1v) is 7.52. The van der Waals surface area contributed by atoms with Crippen LogP contribution in [0.2, 0.25) is 0 Å². The molecule has 0 heterocycles. The molecule has 6 nitrogen and oxygen atoms in total. The number of methoxy groups -OCH3 is 3. The van der Waals surface area contributed by atoms with E-state index >= 15 is 0 Å². The molecule has 0 saturated heterocycles. The molecule has 0 aromatic rings. The molecule has 0 aliphatic heterocycles. The van der Waals surface area contributed by atoms with Gasteiger partial charge in [0.25, 0.3) is 0 Å². The maximum atomic E-state index is 11.3. The fourth-order valence-corrected chi connectivity index (χ4v) is 4.49. The topological polar surface area (TPSA) is 71.1 Å². The molecule has 1 saturated carbocycles. The average molecular weight is 314 g/mol. The molecule has 0 bridgehead atoms. The Balaban J connectivity index is 3.14. The summed E-state index contributed by atoms with van der Waals surface area (Å²) in [5, 5.41) is 0. The van der Waals surface area contributed by atoms with Crippen molar-refractivity contribution in [2.24, 2.45) is 0 Å². The van der Waals surface area contributed by atoms with Crippen LogP contribution in [0.5, 0.6) is 0 Å². The van der Waals surface area contributed by atoms with Gasteiger partial charge in [0, 0.05) is 30.8 Å². The molecule has 1 fully saturated rings. The van der Waals surface area contributed by atoms with Crippen molar-refractivity contribution in [2.45, 2.75) is 35.7 Å². The zero-order chi connectivity index (χ0) is 13.7. The lowest BCUT2D eigenvalue weighted by Crippen LogP contribution is -2.62. The molecule has 7 atom stereocenters. The van der Waals surface area contributed by atoms with Gasteiger partial charge in [0.1, 0.15) is 18.3 Å². The van der Waals surface area contributed by atoms with Gasteiger partial charge in [-0.25, -0.2) is 0 Å². The molecule has 1 aliphatic rings. The van der Waals surface area contributed by atoms with Gasteiger partial charge in [0.05, 0.1) is 17.4 Å². The second-order valence-electron chi connectivity index (χ2n) is 3.89. The fourth-order valence-electron chi connectivity index (χ4n) is 2.37. The van der Waals surface area contributed by atoms with E-state index in [0.717, 1.165) is 0 Å². The minimum atomic E-state index is -0.491. The minimum absolute atomic E-state index is 0.132. The SMILES string of the molecule is COC1C(OP)C(OC)[C@@H](P=O)C(OC)C1P=O. The van der Waals surface area contributed by atoms with Crippen molar-refractivity contribution in [3.05, 3.63) is 0 Å². The van der Waals surface area contributed by atoms with Gasteiger partial charge in [-0.15, -0.1) is 0 Å². The molecule has 0 N–H and O–H groups in total. The molecule has 18 heavy (non-hydrogen) atoms. The van der Waals surface area contributed by atoms with Crippen molar-refractivity contribution in [2.75, 3.05) is 21.3 Å². The number of hydrogen-bond donors (Lipinski definition) is 0. The van der Waals surface area contributed by atoms with Crippen LogP contribution in [0, 0.1) is 0 Å². The molecule has 0 spiro atoms. The smallest absolute Gasteiger partial charge is 0.164 e. The Kier molecular flexibility index (Phi) is 7.27. The molecular weight excluding hydrogens is 297 g/mol. The van der Waals surface area contributed by atoms with Crippen LogP contribution in [-0.2, 0) is 27.9 Å². The quantitative estimate of drug-likeness (QED) is 0.693. The van der Waals surface area contributed by atoms with Crippen LogP contribution in [0.15, 0.2) is 0 Å². The third-order valence-corrected chi connectivity index (χ3v) is 5.19. The van der Waals surface area contributed by atoms with Crippen LogP contribution >= 0.6 is 26.4 Å². The van der Waals surface area contributed by atoms with Crippen LogP contribution in [0.4, 0.5) is 0 Å². The van der Waals surface area contributed by atoms with Crippen molar-refractivity contribution < 1.29 is 27.9 Å². The van der Waals surface area contributed by atoms with Crippen LogP contribution in [0.25, 0.3) is 0 Å². The van der Waals surface area contributed by atoms with Gasteiger partial charge in [-0.05, 0) is 0 Å². The summed E-state index contributed by atoms with van der Waals surface area (Å²) in [6.45, 7) is 0. The maximum Gasteiger partial charge on any atom is 0.164 e. The first-order valence-electron chi connectivity index (χ1n) is 5.28. The van der Waals surface area contributed by atoms with Gasteiger partial charge in [0.15, 0.2) is 16.9 Å². The average Bonchev–Trinajstić information content (AvgIpc) is 2.43. The number of hydrogen-bond acceptors (Lipinski definition) is 6. The third-order valence-electron chi connectivity index (χ3n) is 3.21. The molecule has 0 aromatic carbocycles. The van der Waals surface area contributed by atoms with Gasteiger partial charge >= 0.3 is 0 Å². The van der Waals surface area contributed by atoms with E-state index in [9.17, 15) is 9.13 Å². The summed E-state index contributed by atoms with van der Waals surface area (Å²) >= 11 is 0. The van der Waals surface area contributed by atoms with Gasteiger partial charge in [0.2, 0.25) is 0 Å². The van der Waals surface area contributed by atoms with Gasteiger partial charge in [-0.1, -0.05) is 0 Å². The summed E-state index contributed by atoms with van der Waals surface area (Å²) in [7, 11) is 6.38. The van der Waals surface area contributed by atoms with Gasteiger partial charge in [-0.3, -0.25) is 9.13 Å². The Morgan fingerprint density at radius 3 is 1.39 bits per heavy atom. The van der Waals surface area contributed by atoms with Crippen molar-refractivity contribution >= 4 is 26.4 Å². The predicted octanol–water partition coefficient (Wildman–Crippen LogP) is 1.54. The summed E-state index contributed by atoms with van der Waals surface area (Å²) in [5.41, 5.74) is -0.910. The van der Waals surface area contributed by atoms with E-state index in [4.69, 9.17) is 18.7 Å². The summed E-state index contributed by atoms with van der Waals surface area (Å²) in [6, 6.07) is 0. The maximum absolute atomic E-state index is 11.3. The standard InChI is InChI=1S/C9H17O6P3/c1-12-5-4(15-16)6(13-2)9(18-11)7(14-3)8(5)17-10/h4-9H,16H2,1-3H3/t4?,5?,6?,7?,8-,9?/m1/s1. The molecule has 104 valence electrons. The Hall–Kier alpha value is 0.470. The highest BCUT2D eigenvalue weighted by Gasteiger charge is 2.53. The van der Waals surface area contributed by atoms with Crippen molar-refractivity contribution in [3.63, 3.8) is 0 Å². The second kappa shape index (κ2) is 7.91. The normalized spacial score (nSPS) is 41.3. The van der Waals surface area contributed by atoms with E-state index in [-0.39, 0.29) is 16.9 Å². The van der Waals surface area contributed by atoms with E-state index in [1.165, 1.54) is 21.3 Å². The monoisotopic (exact) mass is 314 g/mol. The molecule has 1 rings (SSSR count). The van der Waals surface area contributed by atoms with Gasteiger partial charge in [-0.2, -0.15) is 0 Å². The second-order valence-corrected chi connectivity index (χ2v) is 5.78. The van der Waals surface area contributed by atoms with Crippen molar-refractivity contribution in [1.29, 1.82) is 0 Å². The summed E-state index contributed by atoms with van der Waals surface area (Å²) in [4.78, 5) is 0. The molecule has 0 amide bonds. The van der Waals surface area contributed by atoms with Crippen LogP contribution in [0.3, 0.4) is 0 Å². The Morgan fingerprint density at radius 2 is 1.17 bits per heavy atom. The molecule has 9 heteroatoms. The molecular formula is C9H17O6P3. The van der Waals surface area contributed by atoms with Crippen LogP contribution < -0.4 is 0 Å². The van der Waals surface area contributed by atoms with Crippen LogP contribution in [-0.4, -0.2) is 57.1 Å². The molecule has 0 radical (unpaired) electrons. The zero-order valence-corrected chi connectivity index (χ0v) is 13.3. The largest absolute Gasteiger partial charge is 0.379 e. The highest BCUT2D eigenvalue weighted by molar-refractivity contribution is 7.26. The van der Waals surface area contributed by atoms with Crippen molar-refractivity contribution in [3.8, 4) is 0 Å². The predicted molar refractivity (Wildman–Crippen MR) is 69.8 cm³/mol. The van der Waals surface area contributed by atoms with Gasteiger partial charge < -0.3 is 18.7 Å². The molecule has 1 aliphatic carbocycles. The Morgan fingerprint density at radius 1 is 0.778 bits per heavy atom. The Bertz CT molecular complexity index is 267. The number of ether oxygens (including phenoxy) is 3. The lowest BCUT2D eigenvalue weighted by molar-refractivity contribution is -0.124. The molecule has 0 aromatic heterocycles. The summed E-state index contributed by atoms with van der Waals surface area (Å²) < 4.78 is 44.0. The molecule has 6 unspecified atom stereocenters. The van der Waals surface area contributed by atoms with Crippen molar-refractivity contribution in [1.82, 2.24) is 0 Å². The lowest BCUT2D eigenvalue weighted by atomic mass is 9.88. The Labute approximate surface area is 112 Å². The van der Waals surface area contributed by atoms with E-state index in [1.54, 1.807) is 0 Å². The van der Waals surface area contributed by atoms with E-state index in [1.807, 2.05) is 0 Å². The lowest BCUT2D eigenvalue weighted by Gasteiger charge is -2.44. The minimum Gasteiger partial charge on any atom is -0.379 e. The summed E-state index contributed by atoms with van der Waals surface area (Å²) in [6.07, 6.45) is -1.90. The van der Waals surface area contributed by atoms with E-state index < -0.39 is 35.7 Å². The van der Waals surface area contributed by atoms with E-state index in [2.05, 4.69) is 9.47 Å². The first-order chi connectivity index (χ1) is 8.69. The first kappa shape index (κ1) is 16.5. The third kappa shape index (κ3) is 2.96. The zero-order valence-electron chi connectivity index (χ0n) is 10.4. The fraction of sp³-hybridized carbons (Fsp3) is 1.00. The van der Waals surface area contributed by atoms with Crippen LogP contribution in [0.1, 0.15) is 0 Å². The number of rotatable bonds is 6. The highest BCUT2D eigenvalue weighted by atomic mass is 31.1. The summed E-state index contributed by atoms with van der Waals surface area (Å²) in [5.74, 6) is 0.